The first-order valence-corrected chi connectivity index (χ1v) is 13.4. The van der Waals surface area contributed by atoms with Crippen molar-refractivity contribution >= 4 is 38.6 Å². The number of aryl methyl sites for hydroxylation is 1. The molecule has 1 aliphatic rings. The number of benzene rings is 3. The molecule has 1 saturated heterocycles. The Bertz CT molecular complexity index is 1660. The van der Waals surface area contributed by atoms with Crippen LogP contribution in [0.2, 0.25) is 0 Å². The maximum Gasteiger partial charge on any atom is 0.268 e. The van der Waals surface area contributed by atoms with Crippen LogP contribution in [0.5, 0.6) is 0 Å². The zero-order valence-electron chi connectivity index (χ0n) is 20.5. The molecule has 5 rings (SSSR count). The van der Waals surface area contributed by atoms with E-state index in [0.29, 0.717) is 53.8 Å². The molecule has 0 bridgehead atoms. The van der Waals surface area contributed by atoms with Crippen molar-refractivity contribution < 1.29 is 13.2 Å². The minimum absolute atomic E-state index is 0.160. The van der Waals surface area contributed by atoms with Gasteiger partial charge >= 0.3 is 0 Å². The normalized spacial score (nSPS) is 13.9. The Morgan fingerprint density at radius 3 is 2.38 bits per heavy atom. The molecule has 1 fully saturated rings. The van der Waals surface area contributed by atoms with E-state index >= 15 is 0 Å². The van der Waals surface area contributed by atoms with Gasteiger partial charge in [-0.3, -0.25) is 4.79 Å². The van der Waals surface area contributed by atoms with Gasteiger partial charge in [-0.25, -0.2) is 12.4 Å². The number of hydrogen-bond acceptors (Lipinski definition) is 5. The van der Waals surface area contributed by atoms with Gasteiger partial charge in [0.2, 0.25) is 0 Å². The molecule has 0 unspecified atom stereocenters. The third-order valence-corrected chi connectivity index (χ3v) is 8.47. The van der Waals surface area contributed by atoms with E-state index in [0.717, 1.165) is 11.3 Å². The Kier molecular flexibility index (Phi) is 6.32. The van der Waals surface area contributed by atoms with Crippen LogP contribution in [0.4, 0.5) is 5.69 Å². The number of aromatic nitrogens is 1. The standard InChI is InChI=1S/C29H26N4O3S/c1-3-22-18-26(29(34)32-16-14-31(15-17-32)27-7-5-4-6-23(27)20-30)25-12-13-33(28(25)19-22)37(35,36)24-10-8-21(2)9-11-24/h3-13,18-19H,1,14-17H2,2H3. The lowest BCUT2D eigenvalue weighted by atomic mass is 10.0. The van der Waals surface area contributed by atoms with Gasteiger partial charge in [-0.05, 0) is 55.0 Å². The Balaban J connectivity index is 1.47. The van der Waals surface area contributed by atoms with E-state index in [-0.39, 0.29) is 10.8 Å². The van der Waals surface area contributed by atoms with Crippen LogP contribution in [0.1, 0.15) is 27.0 Å². The maximum absolute atomic E-state index is 13.7. The van der Waals surface area contributed by atoms with Crippen molar-refractivity contribution in [3.8, 4) is 6.07 Å². The van der Waals surface area contributed by atoms with Gasteiger partial charge in [-0.2, -0.15) is 5.26 Å². The highest BCUT2D eigenvalue weighted by molar-refractivity contribution is 7.90. The third-order valence-electron chi connectivity index (χ3n) is 6.77. The molecule has 1 amide bonds. The van der Waals surface area contributed by atoms with Crippen molar-refractivity contribution in [3.63, 3.8) is 0 Å². The number of nitriles is 1. The number of carbonyl (C=O) groups is 1. The van der Waals surface area contributed by atoms with Crippen LogP contribution in [-0.4, -0.2) is 49.4 Å². The van der Waals surface area contributed by atoms with Crippen molar-refractivity contribution in [1.29, 1.82) is 5.26 Å². The Labute approximate surface area is 216 Å². The number of piperazine rings is 1. The molecule has 2 heterocycles. The average Bonchev–Trinajstić information content (AvgIpc) is 3.37. The lowest BCUT2D eigenvalue weighted by Crippen LogP contribution is -2.49. The molecule has 0 N–H and O–H groups in total. The molecule has 1 aromatic heterocycles. The van der Waals surface area contributed by atoms with E-state index in [1.807, 2.05) is 25.1 Å². The largest absolute Gasteiger partial charge is 0.367 e. The van der Waals surface area contributed by atoms with E-state index in [1.54, 1.807) is 59.5 Å². The number of hydrogen-bond donors (Lipinski definition) is 0. The minimum atomic E-state index is -3.85. The first kappa shape index (κ1) is 24.3. The Morgan fingerprint density at radius 2 is 1.70 bits per heavy atom. The number of anilines is 1. The Hall–Kier alpha value is -4.35. The zero-order chi connectivity index (χ0) is 26.2. The first-order chi connectivity index (χ1) is 17.8. The van der Waals surface area contributed by atoms with Gasteiger partial charge in [0, 0.05) is 43.3 Å². The number of fused-ring (bicyclic) bond motifs is 1. The fourth-order valence-electron chi connectivity index (χ4n) is 4.73. The molecular weight excluding hydrogens is 484 g/mol. The van der Waals surface area contributed by atoms with E-state index in [4.69, 9.17) is 0 Å². The van der Waals surface area contributed by atoms with Crippen LogP contribution in [0, 0.1) is 18.3 Å². The van der Waals surface area contributed by atoms with E-state index in [9.17, 15) is 18.5 Å². The zero-order valence-corrected chi connectivity index (χ0v) is 21.3. The molecule has 3 aromatic carbocycles. The number of carbonyl (C=O) groups excluding carboxylic acids is 1. The van der Waals surface area contributed by atoms with Crippen molar-refractivity contribution in [2.24, 2.45) is 0 Å². The van der Waals surface area contributed by atoms with Crippen LogP contribution in [0.15, 0.2) is 84.4 Å². The summed E-state index contributed by atoms with van der Waals surface area (Å²) >= 11 is 0. The second-order valence-electron chi connectivity index (χ2n) is 9.04. The van der Waals surface area contributed by atoms with E-state index in [2.05, 4.69) is 17.5 Å². The topological polar surface area (TPSA) is 86.4 Å². The smallest absolute Gasteiger partial charge is 0.268 e. The lowest BCUT2D eigenvalue weighted by Gasteiger charge is -2.36. The molecule has 186 valence electrons. The third kappa shape index (κ3) is 4.39. The van der Waals surface area contributed by atoms with Gasteiger partial charge in [-0.15, -0.1) is 0 Å². The molecule has 0 aliphatic carbocycles. The highest BCUT2D eigenvalue weighted by Crippen LogP contribution is 2.29. The van der Waals surface area contributed by atoms with Gasteiger partial charge in [0.1, 0.15) is 6.07 Å². The molecule has 0 radical (unpaired) electrons. The summed E-state index contributed by atoms with van der Waals surface area (Å²) in [6.07, 6.45) is 3.11. The van der Waals surface area contributed by atoms with Crippen LogP contribution in [0.3, 0.4) is 0 Å². The number of para-hydroxylation sites is 1. The van der Waals surface area contributed by atoms with Gasteiger partial charge in [0.15, 0.2) is 0 Å². The molecule has 1 aliphatic heterocycles. The molecule has 4 aromatic rings. The Morgan fingerprint density at radius 1 is 1.00 bits per heavy atom. The molecule has 0 saturated carbocycles. The van der Waals surface area contributed by atoms with Gasteiger partial charge in [0.25, 0.3) is 15.9 Å². The van der Waals surface area contributed by atoms with Gasteiger partial charge < -0.3 is 9.80 Å². The van der Waals surface area contributed by atoms with Gasteiger partial charge in [0.05, 0.1) is 21.7 Å². The van der Waals surface area contributed by atoms with Crippen LogP contribution < -0.4 is 4.90 Å². The molecular formula is C29H26N4O3S. The second-order valence-corrected chi connectivity index (χ2v) is 10.9. The van der Waals surface area contributed by atoms with Crippen LogP contribution >= 0.6 is 0 Å². The summed E-state index contributed by atoms with van der Waals surface area (Å²) in [6, 6.07) is 21.6. The summed E-state index contributed by atoms with van der Waals surface area (Å²) in [5, 5.41) is 10.0. The molecule has 8 heteroatoms. The van der Waals surface area contributed by atoms with Crippen molar-refractivity contribution in [1.82, 2.24) is 8.87 Å². The summed E-state index contributed by atoms with van der Waals surface area (Å²) in [7, 11) is -3.85. The fourth-order valence-corrected chi connectivity index (χ4v) is 6.07. The summed E-state index contributed by atoms with van der Waals surface area (Å²) in [6.45, 7) is 7.90. The van der Waals surface area contributed by atoms with Gasteiger partial charge in [-0.1, -0.05) is 42.5 Å². The molecule has 0 spiro atoms. The van der Waals surface area contributed by atoms with Crippen molar-refractivity contribution in [2.45, 2.75) is 11.8 Å². The SMILES string of the molecule is C=Cc1cc(C(=O)N2CCN(c3ccccc3C#N)CC2)c2ccn(S(=O)(=O)c3ccc(C)cc3)c2c1. The fraction of sp³-hybridized carbons (Fsp3) is 0.172. The minimum Gasteiger partial charge on any atom is -0.367 e. The predicted octanol–water partition coefficient (Wildman–Crippen LogP) is 4.66. The quantitative estimate of drug-likeness (QED) is 0.390. The number of nitrogens with zero attached hydrogens (tertiary/aromatic N) is 4. The second kappa shape index (κ2) is 9.60. The molecule has 37 heavy (non-hydrogen) atoms. The number of rotatable bonds is 5. The number of amides is 1. The van der Waals surface area contributed by atoms with Crippen LogP contribution in [0.25, 0.3) is 17.0 Å². The highest BCUT2D eigenvalue weighted by Gasteiger charge is 2.27. The summed E-state index contributed by atoms with van der Waals surface area (Å²) < 4.78 is 28.1. The monoisotopic (exact) mass is 510 g/mol. The molecule has 0 atom stereocenters. The maximum atomic E-state index is 13.7. The van der Waals surface area contributed by atoms with Crippen molar-refractivity contribution in [3.05, 3.63) is 102 Å². The summed E-state index contributed by atoms with van der Waals surface area (Å²) in [4.78, 5) is 17.7. The van der Waals surface area contributed by atoms with Crippen molar-refractivity contribution in [2.75, 3.05) is 31.1 Å². The van der Waals surface area contributed by atoms with E-state index in [1.165, 1.54) is 10.2 Å². The average molecular weight is 511 g/mol. The highest BCUT2D eigenvalue weighted by atomic mass is 32.2. The lowest BCUT2D eigenvalue weighted by molar-refractivity contribution is 0.0748. The first-order valence-electron chi connectivity index (χ1n) is 12.0. The summed E-state index contributed by atoms with van der Waals surface area (Å²) in [5.41, 5.74) is 3.98. The molecule has 7 nitrogen and oxygen atoms in total. The van der Waals surface area contributed by atoms with E-state index < -0.39 is 10.0 Å². The summed E-state index contributed by atoms with van der Waals surface area (Å²) in [5.74, 6) is -0.160. The van der Waals surface area contributed by atoms with Crippen LogP contribution in [-0.2, 0) is 10.0 Å². The predicted molar refractivity (Wildman–Crippen MR) is 145 cm³/mol.